The van der Waals surface area contributed by atoms with E-state index in [-0.39, 0.29) is 5.91 Å². The Bertz CT molecular complexity index is 407. The SMILES string of the molecule is O=C(CCc1ccco1)Nc1ncn[nH]1. The maximum Gasteiger partial charge on any atom is 0.227 e. The number of aryl methyl sites for hydroxylation is 1. The second-order valence-electron chi connectivity index (χ2n) is 2.96. The molecule has 2 heterocycles. The molecule has 0 aliphatic heterocycles. The molecular weight excluding hydrogens is 196 g/mol. The number of H-pyrrole nitrogens is 1. The van der Waals surface area contributed by atoms with E-state index in [1.165, 1.54) is 6.33 Å². The summed E-state index contributed by atoms with van der Waals surface area (Å²) >= 11 is 0. The number of furan rings is 1. The van der Waals surface area contributed by atoms with Crippen molar-refractivity contribution in [3.05, 3.63) is 30.5 Å². The number of carbonyl (C=O) groups excluding carboxylic acids is 1. The Balaban J connectivity index is 1.78. The third-order valence-electron chi connectivity index (χ3n) is 1.85. The summed E-state index contributed by atoms with van der Waals surface area (Å²) < 4.78 is 5.10. The number of amides is 1. The van der Waals surface area contributed by atoms with Gasteiger partial charge < -0.3 is 4.42 Å². The van der Waals surface area contributed by atoms with Crippen molar-refractivity contribution < 1.29 is 9.21 Å². The minimum atomic E-state index is -0.122. The fraction of sp³-hybridized carbons (Fsp3) is 0.222. The molecule has 2 N–H and O–H groups in total. The summed E-state index contributed by atoms with van der Waals surface area (Å²) in [6.07, 6.45) is 3.85. The minimum Gasteiger partial charge on any atom is -0.469 e. The summed E-state index contributed by atoms with van der Waals surface area (Å²) in [4.78, 5) is 15.1. The van der Waals surface area contributed by atoms with Gasteiger partial charge in [0, 0.05) is 12.8 Å². The van der Waals surface area contributed by atoms with E-state index >= 15 is 0 Å². The molecule has 0 spiro atoms. The first-order chi connectivity index (χ1) is 7.34. The van der Waals surface area contributed by atoms with Crippen LogP contribution in [0.1, 0.15) is 12.2 Å². The summed E-state index contributed by atoms with van der Waals surface area (Å²) in [5, 5.41) is 8.74. The van der Waals surface area contributed by atoms with Crippen LogP contribution in [0.25, 0.3) is 0 Å². The van der Waals surface area contributed by atoms with Gasteiger partial charge >= 0.3 is 0 Å². The van der Waals surface area contributed by atoms with Crippen LogP contribution in [0.3, 0.4) is 0 Å². The highest BCUT2D eigenvalue weighted by molar-refractivity contribution is 5.88. The van der Waals surface area contributed by atoms with Gasteiger partial charge in [-0.05, 0) is 12.1 Å². The van der Waals surface area contributed by atoms with E-state index < -0.39 is 0 Å². The number of rotatable bonds is 4. The quantitative estimate of drug-likeness (QED) is 0.780. The summed E-state index contributed by atoms with van der Waals surface area (Å²) in [7, 11) is 0. The third-order valence-corrected chi connectivity index (χ3v) is 1.85. The Morgan fingerprint density at radius 3 is 3.20 bits per heavy atom. The van der Waals surface area contributed by atoms with Crippen molar-refractivity contribution in [1.29, 1.82) is 0 Å². The topological polar surface area (TPSA) is 83.8 Å². The molecule has 0 unspecified atom stereocenters. The Hall–Kier alpha value is -2.11. The van der Waals surface area contributed by atoms with Crippen LogP contribution in [0, 0.1) is 0 Å². The largest absolute Gasteiger partial charge is 0.469 e. The Kier molecular flexibility index (Phi) is 2.77. The van der Waals surface area contributed by atoms with E-state index in [1.54, 1.807) is 12.3 Å². The van der Waals surface area contributed by atoms with Crippen molar-refractivity contribution in [2.24, 2.45) is 0 Å². The minimum absolute atomic E-state index is 0.122. The Morgan fingerprint density at radius 1 is 1.60 bits per heavy atom. The van der Waals surface area contributed by atoms with Crippen LogP contribution < -0.4 is 5.32 Å². The fourth-order valence-corrected chi connectivity index (χ4v) is 1.15. The Labute approximate surface area is 85.7 Å². The average Bonchev–Trinajstić information content (AvgIpc) is 2.86. The first-order valence-corrected chi connectivity index (χ1v) is 4.52. The second-order valence-corrected chi connectivity index (χ2v) is 2.96. The number of nitrogens with one attached hydrogen (secondary N) is 2. The van der Waals surface area contributed by atoms with Crippen LogP contribution in [0.2, 0.25) is 0 Å². The van der Waals surface area contributed by atoms with E-state index in [1.807, 2.05) is 6.07 Å². The standard InChI is InChI=1S/C9H10N4O2/c14-8(12-9-10-6-11-13-9)4-3-7-2-1-5-15-7/h1-2,5-6H,3-4H2,(H2,10,11,12,13,14). The highest BCUT2D eigenvalue weighted by atomic mass is 16.3. The number of carbonyl (C=O) groups is 1. The third kappa shape index (κ3) is 2.67. The summed E-state index contributed by atoms with van der Waals surface area (Å²) in [6, 6.07) is 3.63. The van der Waals surface area contributed by atoms with Crippen molar-refractivity contribution >= 4 is 11.9 Å². The molecule has 0 bridgehead atoms. The number of aromatic nitrogens is 3. The second kappa shape index (κ2) is 4.41. The molecule has 0 saturated carbocycles. The molecule has 0 saturated heterocycles. The predicted molar refractivity (Wildman–Crippen MR) is 52.0 cm³/mol. The van der Waals surface area contributed by atoms with Gasteiger partial charge in [-0.25, -0.2) is 5.10 Å². The smallest absolute Gasteiger partial charge is 0.227 e. The molecular formula is C9H10N4O2. The zero-order chi connectivity index (χ0) is 10.5. The van der Waals surface area contributed by atoms with E-state index in [4.69, 9.17) is 4.42 Å². The monoisotopic (exact) mass is 206 g/mol. The number of hydrogen-bond acceptors (Lipinski definition) is 4. The number of nitrogens with zero attached hydrogens (tertiary/aromatic N) is 2. The highest BCUT2D eigenvalue weighted by Crippen LogP contribution is 2.04. The fourth-order valence-electron chi connectivity index (χ4n) is 1.15. The molecule has 0 atom stereocenters. The van der Waals surface area contributed by atoms with Crippen LogP contribution in [0.15, 0.2) is 29.1 Å². The molecule has 15 heavy (non-hydrogen) atoms. The van der Waals surface area contributed by atoms with Gasteiger partial charge in [-0.2, -0.15) is 10.1 Å². The van der Waals surface area contributed by atoms with Gasteiger partial charge in [-0.3, -0.25) is 10.1 Å². The molecule has 2 rings (SSSR count). The molecule has 0 aliphatic carbocycles. The van der Waals surface area contributed by atoms with Crippen LogP contribution in [-0.2, 0) is 11.2 Å². The highest BCUT2D eigenvalue weighted by Gasteiger charge is 2.05. The normalized spacial score (nSPS) is 10.1. The van der Waals surface area contributed by atoms with E-state index in [2.05, 4.69) is 20.5 Å². The van der Waals surface area contributed by atoms with E-state index in [0.29, 0.717) is 18.8 Å². The Morgan fingerprint density at radius 2 is 2.53 bits per heavy atom. The molecule has 0 radical (unpaired) electrons. The van der Waals surface area contributed by atoms with Gasteiger partial charge in [0.1, 0.15) is 12.1 Å². The average molecular weight is 206 g/mol. The lowest BCUT2D eigenvalue weighted by Gasteiger charge is -1.99. The molecule has 2 aromatic rings. The van der Waals surface area contributed by atoms with Crippen LogP contribution >= 0.6 is 0 Å². The molecule has 1 amide bonds. The van der Waals surface area contributed by atoms with Gasteiger partial charge in [-0.1, -0.05) is 0 Å². The lowest BCUT2D eigenvalue weighted by molar-refractivity contribution is -0.116. The van der Waals surface area contributed by atoms with Gasteiger partial charge in [0.15, 0.2) is 0 Å². The predicted octanol–water partition coefficient (Wildman–Crippen LogP) is 0.969. The van der Waals surface area contributed by atoms with Crippen LogP contribution in [0.5, 0.6) is 0 Å². The van der Waals surface area contributed by atoms with E-state index in [0.717, 1.165) is 5.76 Å². The first kappa shape index (κ1) is 9.45. The van der Waals surface area contributed by atoms with Crippen molar-refractivity contribution in [3.63, 3.8) is 0 Å². The maximum atomic E-state index is 11.4. The van der Waals surface area contributed by atoms with Gasteiger partial charge in [0.2, 0.25) is 11.9 Å². The summed E-state index contributed by atoms with van der Waals surface area (Å²) in [6.45, 7) is 0. The van der Waals surface area contributed by atoms with Crippen LogP contribution in [-0.4, -0.2) is 21.1 Å². The molecule has 2 aromatic heterocycles. The maximum absolute atomic E-state index is 11.4. The van der Waals surface area contributed by atoms with Crippen molar-refractivity contribution in [1.82, 2.24) is 15.2 Å². The lowest BCUT2D eigenvalue weighted by atomic mass is 10.2. The molecule has 0 aromatic carbocycles. The number of hydrogen-bond donors (Lipinski definition) is 2. The number of anilines is 1. The summed E-state index contributed by atoms with van der Waals surface area (Å²) in [5.41, 5.74) is 0. The van der Waals surface area contributed by atoms with Gasteiger partial charge in [-0.15, -0.1) is 0 Å². The first-order valence-electron chi connectivity index (χ1n) is 4.52. The molecule has 0 aliphatic rings. The van der Waals surface area contributed by atoms with Crippen molar-refractivity contribution in [2.45, 2.75) is 12.8 Å². The molecule has 6 nitrogen and oxygen atoms in total. The number of aromatic amines is 1. The van der Waals surface area contributed by atoms with E-state index in [9.17, 15) is 4.79 Å². The molecule has 0 fully saturated rings. The zero-order valence-electron chi connectivity index (χ0n) is 7.93. The van der Waals surface area contributed by atoms with Crippen molar-refractivity contribution in [2.75, 3.05) is 5.32 Å². The van der Waals surface area contributed by atoms with Crippen molar-refractivity contribution in [3.8, 4) is 0 Å². The lowest BCUT2D eigenvalue weighted by Crippen LogP contribution is -2.13. The molecule has 78 valence electrons. The van der Waals surface area contributed by atoms with Gasteiger partial charge in [0.25, 0.3) is 0 Å². The summed E-state index contributed by atoms with van der Waals surface area (Å²) in [5.74, 6) is 1.03. The van der Waals surface area contributed by atoms with Gasteiger partial charge in [0.05, 0.1) is 6.26 Å². The zero-order valence-corrected chi connectivity index (χ0v) is 7.93. The van der Waals surface area contributed by atoms with Crippen LogP contribution in [0.4, 0.5) is 5.95 Å². The molecule has 6 heteroatoms.